The number of alkyl halides is 3. The number of nitrogens with one attached hydrogen (secondary N) is 1. The van der Waals surface area contributed by atoms with E-state index >= 15 is 0 Å². The van der Waals surface area contributed by atoms with Crippen LogP contribution < -0.4 is 4.74 Å². The molecule has 0 spiro atoms. The molecule has 0 radical (unpaired) electrons. The molecule has 0 aliphatic rings. The van der Waals surface area contributed by atoms with Gasteiger partial charge in [0.15, 0.2) is 6.10 Å². The minimum absolute atomic E-state index is 0.0302. The first-order chi connectivity index (χ1) is 19.0. The molecule has 1 aromatic heterocycles. The summed E-state index contributed by atoms with van der Waals surface area (Å²) in [5, 5.41) is 0. The normalized spacial score (nSPS) is 13.7. The van der Waals surface area contributed by atoms with Crippen LogP contribution in [0.1, 0.15) is 41.6 Å². The molecule has 1 heterocycles. The molecule has 0 aliphatic heterocycles. The number of H-pyrrole nitrogens is 1. The van der Waals surface area contributed by atoms with Gasteiger partial charge in [-0.25, -0.2) is 13.4 Å². The third kappa shape index (κ3) is 5.88. The number of imidazole rings is 1. The molecule has 5 rings (SSSR count). The van der Waals surface area contributed by atoms with E-state index in [4.69, 9.17) is 4.74 Å². The van der Waals surface area contributed by atoms with Crippen LogP contribution >= 0.6 is 0 Å². The second-order valence-electron chi connectivity index (χ2n) is 9.25. The van der Waals surface area contributed by atoms with Crippen LogP contribution in [0.25, 0.3) is 11.0 Å². The lowest BCUT2D eigenvalue weighted by molar-refractivity contribution is -0.339. The number of hydrogen-bond donors (Lipinski definition) is 1. The summed E-state index contributed by atoms with van der Waals surface area (Å²) in [7, 11) is -3.86. The number of nitrogens with zero attached hydrogens (tertiary/aromatic N) is 1. The number of aromatic amines is 1. The average Bonchev–Trinajstić information content (AvgIpc) is 3.36. The largest absolute Gasteiger partial charge is 0.523 e. The Labute approximate surface area is 229 Å². The summed E-state index contributed by atoms with van der Waals surface area (Å²) in [4.78, 5) is 7.75. The van der Waals surface area contributed by atoms with E-state index < -0.39 is 28.4 Å². The first kappa shape index (κ1) is 27.4. The SMILES string of the molecule is Cc1ccccc1S(=O)(=O)c1ccc(C(OC(F)(F)F)c2ccc3nc(C(C)Oc4ccccc4)[nH]c3c2)cc1. The van der Waals surface area contributed by atoms with Crippen LogP contribution in [0.5, 0.6) is 5.75 Å². The lowest BCUT2D eigenvalue weighted by atomic mass is 10.0. The highest BCUT2D eigenvalue weighted by atomic mass is 32.2. The number of aryl methyl sites for hydroxylation is 1. The van der Waals surface area contributed by atoms with Gasteiger partial charge >= 0.3 is 6.36 Å². The number of aromatic nitrogens is 2. The summed E-state index contributed by atoms with van der Waals surface area (Å²) in [5.41, 5.74) is 1.98. The van der Waals surface area contributed by atoms with E-state index in [1.807, 2.05) is 37.3 Å². The maximum Gasteiger partial charge on any atom is 0.523 e. The third-order valence-corrected chi connectivity index (χ3v) is 8.33. The Bertz CT molecular complexity index is 1730. The van der Waals surface area contributed by atoms with E-state index in [0.29, 0.717) is 28.2 Å². The molecule has 0 bridgehead atoms. The molecule has 2 atom stereocenters. The van der Waals surface area contributed by atoms with Crippen molar-refractivity contribution in [1.29, 1.82) is 0 Å². The van der Waals surface area contributed by atoms with E-state index in [2.05, 4.69) is 14.7 Å². The summed E-state index contributed by atoms with van der Waals surface area (Å²) >= 11 is 0. The highest BCUT2D eigenvalue weighted by Gasteiger charge is 2.35. The number of fused-ring (bicyclic) bond motifs is 1. The zero-order valence-corrected chi connectivity index (χ0v) is 22.3. The summed E-state index contributed by atoms with van der Waals surface area (Å²) < 4.78 is 77.1. The lowest BCUT2D eigenvalue weighted by Crippen LogP contribution is -2.19. The first-order valence-corrected chi connectivity index (χ1v) is 13.9. The fraction of sp³-hybridized carbons (Fsp3) is 0.167. The number of halogens is 3. The quantitative estimate of drug-likeness (QED) is 0.211. The predicted octanol–water partition coefficient (Wildman–Crippen LogP) is 7.47. The van der Waals surface area contributed by atoms with Gasteiger partial charge in [0.2, 0.25) is 9.84 Å². The van der Waals surface area contributed by atoms with Gasteiger partial charge in [0.05, 0.1) is 20.8 Å². The molecule has 0 saturated carbocycles. The van der Waals surface area contributed by atoms with Crippen LogP contribution in [0.15, 0.2) is 107 Å². The van der Waals surface area contributed by atoms with Crippen LogP contribution in [0, 0.1) is 6.92 Å². The predicted molar refractivity (Wildman–Crippen MR) is 144 cm³/mol. The van der Waals surface area contributed by atoms with Crippen molar-refractivity contribution < 1.29 is 31.1 Å². The molecule has 206 valence electrons. The smallest absolute Gasteiger partial charge is 0.483 e. The van der Waals surface area contributed by atoms with Crippen molar-refractivity contribution in [2.45, 2.75) is 42.2 Å². The minimum atomic E-state index is -4.94. The van der Waals surface area contributed by atoms with Crippen molar-refractivity contribution in [1.82, 2.24) is 9.97 Å². The zero-order valence-electron chi connectivity index (χ0n) is 21.5. The Kier molecular flexibility index (Phi) is 7.39. The molecular formula is C30H25F3N2O4S. The molecular weight excluding hydrogens is 541 g/mol. The van der Waals surface area contributed by atoms with E-state index in [1.54, 1.807) is 31.2 Å². The van der Waals surface area contributed by atoms with Crippen molar-refractivity contribution in [2.75, 3.05) is 0 Å². The Hall–Kier alpha value is -4.15. The van der Waals surface area contributed by atoms with Gasteiger partial charge < -0.3 is 9.72 Å². The number of rotatable bonds is 8. The van der Waals surface area contributed by atoms with Crippen LogP contribution in [0.2, 0.25) is 0 Å². The van der Waals surface area contributed by atoms with Crippen molar-refractivity contribution in [2.24, 2.45) is 0 Å². The maximum absolute atomic E-state index is 13.5. The molecule has 6 nitrogen and oxygen atoms in total. The summed E-state index contributed by atoms with van der Waals surface area (Å²) in [6, 6.07) is 25.6. The average molecular weight is 567 g/mol. The Morgan fingerprint density at radius 2 is 1.50 bits per heavy atom. The van der Waals surface area contributed by atoms with Crippen molar-refractivity contribution >= 4 is 20.9 Å². The molecule has 0 fully saturated rings. The van der Waals surface area contributed by atoms with Gasteiger partial charge in [-0.2, -0.15) is 0 Å². The number of benzene rings is 4. The van der Waals surface area contributed by atoms with E-state index in [-0.39, 0.29) is 20.9 Å². The van der Waals surface area contributed by atoms with Gasteiger partial charge in [-0.1, -0.05) is 54.6 Å². The van der Waals surface area contributed by atoms with Crippen molar-refractivity contribution in [3.8, 4) is 5.75 Å². The van der Waals surface area contributed by atoms with Gasteiger partial charge in [-0.15, -0.1) is 13.2 Å². The first-order valence-electron chi connectivity index (χ1n) is 12.4. The van der Waals surface area contributed by atoms with Gasteiger partial charge in [0, 0.05) is 0 Å². The van der Waals surface area contributed by atoms with Gasteiger partial charge in [-0.05, 0) is 73.0 Å². The second kappa shape index (κ2) is 10.8. The molecule has 5 aromatic rings. The second-order valence-corrected chi connectivity index (χ2v) is 11.2. The standard InChI is InChI=1S/C30H25F3N2O4S/c1-19-8-6-7-11-27(19)40(36,37)24-15-12-21(13-16-24)28(39-30(31,32)33)22-14-17-25-26(18-22)35-29(34-25)20(2)38-23-9-4-3-5-10-23/h3-18,20,28H,1-2H3,(H,34,35). The van der Waals surface area contributed by atoms with Crippen molar-refractivity contribution in [3.63, 3.8) is 0 Å². The highest BCUT2D eigenvalue weighted by molar-refractivity contribution is 7.91. The Morgan fingerprint density at radius 3 is 2.17 bits per heavy atom. The van der Waals surface area contributed by atoms with Crippen LogP contribution in [0.4, 0.5) is 13.2 Å². The maximum atomic E-state index is 13.5. The molecule has 2 unspecified atom stereocenters. The number of hydrogen-bond acceptors (Lipinski definition) is 5. The van der Waals surface area contributed by atoms with Gasteiger partial charge in [0.25, 0.3) is 0 Å². The number of para-hydroxylation sites is 1. The monoisotopic (exact) mass is 566 g/mol. The third-order valence-electron chi connectivity index (χ3n) is 6.40. The molecule has 0 aliphatic carbocycles. The van der Waals surface area contributed by atoms with E-state index in [0.717, 1.165) is 0 Å². The van der Waals surface area contributed by atoms with Crippen LogP contribution in [0.3, 0.4) is 0 Å². The highest BCUT2D eigenvalue weighted by Crippen LogP contribution is 2.35. The Morgan fingerprint density at radius 1 is 0.850 bits per heavy atom. The fourth-order valence-electron chi connectivity index (χ4n) is 4.43. The van der Waals surface area contributed by atoms with Crippen LogP contribution in [-0.4, -0.2) is 24.7 Å². The Balaban J connectivity index is 1.46. The molecule has 1 N–H and O–H groups in total. The molecule has 10 heteroatoms. The van der Waals surface area contributed by atoms with E-state index in [9.17, 15) is 21.6 Å². The molecule has 0 amide bonds. The molecule has 40 heavy (non-hydrogen) atoms. The number of sulfone groups is 1. The number of ether oxygens (including phenoxy) is 2. The van der Waals surface area contributed by atoms with Gasteiger partial charge in [-0.3, -0.25) is 4.74 Å². The fourth-order valence-corrected chi connectivity index (χ4v) is 5.93. The van der Waals surface area contributed by atoms with E-state index in [1.165, 1.54) is 42.5 Å². The molecule has 4 aromatic carbocycles. The molecule has 0 saturated heterocycles. The minimum Gasteiger partial charge on any atom is -0.483 e. The topological polar surface area (TPSA) is 81.3 Å². The van der Waals surface area contributed by atoms with Crippen molar-refractivity contribution in [3.05, 3.63) is 120 Å². The van der Waals surface area contributed by atoms with Gasteiger partial charge in [0.1, 0.15) is 17.7 Å². The van der Waals surface area contributed by atoms with Crippen LogP contribution in [-0.2, 0) is 14.6 Å². The summed E-state index contributed by atoms with van der Waals surface area (Å²) in [5.74, 6) is 1.16. The lowest BCUT2D eigenvalue weighted by Gasteiger charge is -2.21. The zero-order chi connectivity index (χ0) is 28.5. The summed E-state index contributed by atoms with van der Waals surface area (Å²) in [6.07, 6.45) is -6.92. The summed E-state index contributed by atoms with van der Waals surface area (Å²) in [6.45, 7) is 3.49.